The van der Waals surface area contributed by atoms with E-state index in [0.29, 0.717) is 11.3 Å². The lowest BCUT2D eigenvalue weighted by molar-refractivity contribution is -0.143. The average molecular weight is 500 g/mol. The normalized spacial score (nSPS) is 21.3. The van der Waals surface area contributed by atoms with Crippen molar-refractivity contribution >= 4 is 27.8 Å². The zero-order valence-corrected chi connectivity index (χ0v) is 20.3. The van der Waals surface area contributed by atoms with Crippen LogP contribution in [0.2, 0.25) is 0 Å². The molecule has 3 aromatic rings. The number of carboxylic acids is 1. The van der Waals surface area contributed by atoms with Crippen LogP contribution in [0, 0.1) is 18.7 Å². The SMILES string of the molecule is Cc1ccc(S(=O)(=O)N2C[C@@H](C(=O)O)[C@H](SCc3ccccc3)C[C@H]2c2cccc(F)c2)cc1. The van der Waals surface area contributed by atoms with E-state index < -0.39 is 33.8 Å². The number of rotatable bonds is 7. The van der Waals surface area contributed by atoms with Crippen molar-refractivity contribution in [2.75, 3.05) is 6.54 Å². The Morgan fingerprint density at radius 3 is 2.41 bits per heavy atom. The van der Waals surface area contributed by atoms with Gasteiger partial charge in [-0.05, 0) is 48.7 Å². The Hall–Kier alpha value is -2.68. The summed E-state index contributed by atoms with van der Waals surface area (Å²) >= 11 is 1.50. The predicted molar refractivity (Wildman–Crippen MR) is 131 cm³/mol. The summed E-state index contributed by atoms with van der Waals surface area (Å²) in [6.45, 7) is 1.68. The Morgan fingerprint density at radius 2 is 1.76 bits per heavy atom. The largest absolute Gasteiger partial charge is 0.481 e. The van der Waals surface area contributed by atoms with Crippen LogP contribution in [0.25, 0.3) is 0 Å². The van der Waals surface area contributed by atoms with Gasteiger partial charge in [-0.3, -0.25) is 4.79 Å². The van der Waals surface area contributed by atoms with Gasteiger partial charge in [0, 0.05) is 17.5 Å². The number of nitrogens with zero attached hydrogens (tertiary/aromatic N) is 1. The quantitative estimate of drug-likeness (QED) is 0.479. The molecule has 1 saturated heterocycles. The highest BCUT2D eigenvalue weighted by Crippen LogP contribution is 2.43. The molecule has 1 aliphatic rings. The van der Waals surface area contributed by atoms with E-state index in [1.165, 1.54) is 40.3 Å². The number of hydrogen-bond acceptors (Lipinski definition) is 4. The molecule has 5 nitrogen and oxygen atoms in total. The monoisotopic (exact) mass is 499 g/mol. The number of halogens is 1. The molecule has 0 bridgehead atoms. The molecule has 0 saturated carbocycles. The van der Waals surface area contributed by atoms with Crippen molar-refractivity contribution in [3.63, 3.8) is 0 Å². The van der Waals surface area contributed by atoms with Crippen LogP contribution < -0.4 is 0 Å². The lowest BCUT2D eigenvalue weighted by atomic mass is 9.90. The molecular weight excluding hydrogens is 473 g/mol. The molecule has 0 radical (unpaired) electrons. The smallest absolute Gasteiger partial charge is 0.308 e. The third-order valence-corrected chi connectivity index (χ3v) is 9.45. The fourth-order valence-corrected chi connectivity index (χ4v) is 7.27. The van der Waals surface area contributed by atoms with Crippen LogP contribution in [0.5, 0.6) is 0 Å². The van der Waals surface area contributed by atoms with Gasteiger partial charge in [-0.1, -0.05) is 60.2 Å². The molecule has 0 spiro atoms. The van der Waals surface area contributed by atoms with Gasteiger partial charge in [0.15, 0.2) is 0 Å². The second-order valence-corrected chi connectivity index (χ2v) is 11.6. The first-order valence-electron chi connectivity index (χ1n) is 11.0. The minimum atomic E-state index is -4.01. The molecule has 3 aromatic carbocycles. The molecule has 1 aliphatic heterocycles. The predicted octanol–water partition coefficient (Wildman–Crippen LogP) is 5.27. The van der Waals surface area contributed by atoms with Crippen LogP contribution in [0.15, 0.2) is 83.8 Å². The molecule has 178 valence electrons. The van der Waals surface area contributed by atoms with Crippen molar-refractivity contribution in [1.82, 2.24) is 4.31 Å². The van der Waals surface area contributed by atoms with Gasteiger partial charge in [0.1, 0.15) is 5.82 Å². The molecular formula is C26H26FNO4S2. The summed E-state index contributed by atoms with van der Waals surface area (Å²) in [5.74, 6) is -1.78. The second-order valence-electron chi connectivity index (χ2n) is 8.47. The molecule has 34 heavy (non-hydrogen) atoms. The van der Waals surface area contributed by atoms with Gasteiger partial charge in [-0.25, -0.2) is 12.8 Å². The van der Waals surface area contributed by atoms with Gasteiger partial charge in [-0.2, -0.15) is 16.1 Å². The molecule has 4 rings (SSSR count). The lowest BCUT2D eigenvalue weighted by Gasteiger charge is -2.41. The first-order chi connectivity index (χ1) is 16.3. The molecule has 0 amide bonds. The Bertz CT molecular complexity index is 1250. The van der Waals surface area contributed by atoms with E-state index in [9.17, 15) is 22.7 Å². The summed E-state index contributed by atoms with van der Waals surface area (Å²) in [7, 11) is -4.01. The number of aryl methyl sites for hydroxylation is 1. The van der Waals surface area contributed by atoms with Gasteiger partial charge in [0.25, 0.3) is 0 Å². The van der Waals surface area contributed by atoms with Gasteiger partial charge in [0.2, 0.25) is 10.0 Å². The zero-order chi connectivity index (χ0) is 24.3. The third-order valence-electron chi connectivity index (χ3n) is 6.11. The number of hydrogen-bond donors (Lipinski definition) is 1. The number of benzene rings is 3. The van der Waals surface area contributed by atoms with Crippen LogP contribution >= 0.6 is 11.8 Å². The minimum Gasteiger partial charge on any atom is -0.481 e. The van der Waals surface area contributed by atoms with E-state index in [-0.39, 0.29) is 23.1 Å². The first kappa shape index (κ1) is 24.4. The summed E-state index contributed by atoms with van der Waals surface area (Å²) in [5, 5.41) is 9.66. The van der Waals surface area contributed by atoms with Gasteiger partial charge < -0.3 is 5.11 Å². The Labute approximate surface area is 203 Å². The van der Waals surface area contributed by atoms with Crippen molar-refractivity contribution in [2.24, 2.45) is 5.92 Å². The van der Waals surface area contributed by atoms with Crippen molar-refractivity contribution in [3.8, 4) is 0 Å². The summed E-state index contributed by atoms with van der Waals surface area (Å²) in [4.78, 5) is 12.3. The van der Waals surface area contributed by atoms with Gasteiger partial charge in [0.05, 0.1) is 16.9 Å². The highest BCUT2D eigenvalue weighted by atomic mass is 32.2. The van der Waals surface area contributed by atoms with E-state index in [1.54, 1.807) is 24.3 Å². The van der Waals surface area contributed by atoms with E-state index in [4.69, 9.17) is 0 Å². The summed E-state index contributed by atoms with van der Waals surface area (Å²) in [6.07, 6.45) is 0.267. The van der Waals surface area contributed by atoms with Crippen molar-refractivity contribution in [3.05, 3.63) is 101 Å². The molecule has 1 N–H and O–H groups in total. The van der Waals surface area contributed by atoms with Crippen LogP contribution in [0.4, 0.5) is 4.39 Å². The fourth-order valence-electron chi connectivity index (χ4n) is 4.27. The van der Waals surface area contributed by atoms with E-state index in [1.807, 2.05) is 37.3 Å². The maximum atomic E-state index is 14.1. The second kappa shape index (κ2) is 10.3. The van der Waals surface area contributed by atoms with E-state index in [0.717, 1.165) is 11.1 Å². The number of aliphatic carboxylic acids is 1. The van der Waals surface area contributed by atoms with E-state index >= 15 is 0 Å². The Morgan fingerprint density at radius 1 is 1.06 bits per heavy atom. The highest BCUT2D eigenvalue weighted by Gasteiger charge is 2.45. The number of sulfonamides is 1. The van der Waals surface area contributed by atoms with Crippen molar-refractivity contribution < 1.29 is 22.7 Å². The average Bonchev–Trinajstić information content (AvgIpc) is 2.83. The summed E-state index contributed by atoms with van der Waals surface area (Å²) < 4.78 is 42.7. The molecule has 8 heteroatoms. The van der Waals surface area contributed by atoms with Crippen LogP contribution in [-0.4, -0.2) is 35.6 Å². The molecule has 3 atom stereocenters. The Kier molecular flexibility index (Phi) is 7.40. The maximum Gasteiger partial charge on any atom is 0.308 e. The number of carboxylic acid groups (broad SMARTS) is 1. The summed E-state index contributed by atoms with van der Waals surface area (Å²) in [5.41, 5.74) is 2.50. The molecule has 0 aliphatic carbocycles. The highest BCUT2D eigenvalue weighted by molar-refractivity contribution is 7.99. The van der Waals surface area contributed by atoms with Crippen molar-refractivity contribution in [1.29, 1.82) is 0 Å². The third kappa shape index (κ3) is 5.35. The fraction of sp³-hybridized carbons (Fsp3) is 0.269. The van der Waals surface area contributed by atoms with Crippen LogP contribution in [-0.2, 0) is 20.6 Å². The summed E-state index contributed by atoms with van der Waals surface area (Å²) in [6, 6.07) is 21.4. The van der Waals surface area contributed by atoms with Gasteiger partial charge in [-0.15, -0.1) is 0 Å². The molecule has 1 heterocycles. The minimum absolute atomic E-state index is 0.0963. The first-order valence-corrected chi connectivity index (χ1v) is 13.5. The molecule has 1 fully saturated rings. The standard InChI is InChI=1S/C26H26FNO4S2/c1-18-10-12-22(13-11-18)34(31,32)28-16-23(26(29)30)25(33-17-19-6-3-2-4-7-19)15-24(28)20-8-5-9-21(27)14-20/h2-14,23-25H,15-17H2,1H3,(H,29,30)/t23-,24+,25-/m1/s1. The molecule has 0 aromatic heterocycles. The topological polar surface area (TPSA) is 74.7 Å². The van der Waals surface area contributed by atoms with E-state index in [2.05, 4.69) is 0 Å². The number of carbonyl (C=O) groups is 1. The number of piperidine rings is 1. The van der Waals surface area contributed by atoms with Gasteiger partial charge >= 0.3 is 5.97 Å². The molecule has 0 unspecified atom stereocenters. The lowest BCUT2D eigenvalue weighted by Crippen LogP contribution is -2.49. The maximum absolute atomic E-state index is 14.1. The Balaban J connectivity index is 1.71. The van der Waals surface area contributed by atoms with Crippen molar-refractivity contribution in [2.45, 2.75) is 35.3 Å². The zero-order valence-electron chi connectivity index (χ0n) is 18.7. The van der Waals surface area contributed by atoms with Crippen LogP contribution in [0.1, 0.15) is 29.2 Å². The number of thioether (sulfide) groups is 1. The van der Waals surface area contributed by atoms with Crippen LogP contribution in [0.3, 0.4) is 0 Å².